The summed E-state index contributed by atoms with van der Waals surface area (Å²) in [6, 6.07) is 7.65. The van der Waals surface area contributed by atoms with Gasteiger partial charge in [-0.15, -0.1) is 0 Å². The van der Waals surface area contributed by atoms with Crippen LogP contribution in [0.4, 0.5) is 5.69 Å². The number of carbonyl (C=O) groups excluding carboxylic acids is 1. The standard InChI is InChI=1S/C20H25N3O2/c1-21-19-6-4-17(5-7-19)2-3-18-8-10-23(11-9-18)20(24)16-22-12-14-25-15-13-22/h2-7,18H,8-16H2/b3-2+. The normalized spacial score (nSPS) is 19.9. The van der Waals surface area contributed by atoms with E-state index in [1.807, 2.05) is 29.2 Å². The van der Waals surface area contributed by atoms with Crippen LogP contribution in [0.15, 0.2) is 30.3 Å². The molecule has 2 aliphatic heterocycles. The molecule has 1 aromatic carbocycles. The maximum atomic E-state index is 12.4. The van der Waals surface area contributed by atoms with Gasteiger partial charge in [-0.05, 0) is 24.3 Å². The molecule has 0 N–H and O–H groups in total. The highest BCUT2D eigenvalue weighted by molar-refractivity contribution is 5.78. The molecule has 1 amide bonds. The fraction of sp³-hybridized carbons (Fsp3) is 0.500. The van der Waals surface area contributed by atoms with Gasteiger partial charge < -0.3 is 9.64 Å². The summed E-state index contributed by atoms with van der Waals surface area (Å²) in [5.74, 6) is 0.770. The first-order chi connectivity index (χ1) is 12.2. The van der Waals surface area contributed by atoms with Crippen LogP contribution >= 0.6 is 0 Å². The molecule has 0 spiro atoms. The molecular weight excluding hydrogens is 314 g/mol. The predicted molar refractivity (Wildman–Crippen MR) is 98.3 cm³/mol. The molecule has 0 aliphatic carbocycles. The Morgan fingerprint density at radius 1 is 1.16 bits per heavy atom. The average molecular weight is 339 g/mol. The molecule has 132 valence electrons. The molecule has 1 aromatic rings. The smallest absolute Gasteiger partial charge is 0.236 e. The van der Waals surface area contributed by atoms with Crippen LogP contribution in [0.3, 0.4) is 0 Å². The minimum Gasteiger partial charge on any atom is -0.379 e. The van der Waals surface area contributed by atoms with E-state index < -0.39 is 0 Å². The molecule has 0 radical (unpaired) electrons. The summed E-state index contributed by atoms with van der Waals surface area (Å²) < 4.78 is 5.33. The fourth-order valence-electron chi connectivity index (χ4n) is 3.30. The minimum absolute atomic E-state index is 0.249. The number of rotatable bonds is 4. The number of hydrogen-bond acceptors (Lipinski definition) is 3. The van der Waals surface area contributed by atoms with Gasteiger partial charge in [-0.25, -0.2) is 4.85 Å². The minimum atomic E-state index is 0.249. The van der Waals surface area contributed by atoms with Crippen LogP contribution in [0, 0.1) is 12.5 Å². The zero-order valence-corrected chi connectivity index (χ0v) is 14.6. The lowest BCUT2D eigenvalue weighted by molar-refractivity contribution is -0.134. The number of ether oxygens (including phenoxy) is 1. The number of hydrogen-bond donors (Lipinski definition) is 0. The molecule has 3 rings (SSSR count). The summed E-state index contributed by atoms with van der Waals surface area (Å²) in [5, 5.41) is 0. The van der Waals surface area contributed by atoms with Crippen molar-refractivity contribution in [3.8, 4) is 0 Å². The van der Waals surface area contributed by atoms with Crippen molar-refractivity contribution in [1.29, 1.82) is 0 Å². The largest absolute Gasteiger partial charge is 0.379 e. The lowest BCUT2D eigenvalue weighted by Crippen LogP contribution is -2.46. The van der Waals surface area contributed by atoms with Crippen molar-refractivity contribution in [2.24, 2.45) is 5.92 Å². The number of piperidine rings is 1. The first-order valence-corrected chi connectivity index (χ1v) is 8.98. The van der Waals surface area contributed by atoms with Gasteiger partial charge in [-0.3, -0.25) is 9.69 Å². The van der Waals surface area contributed by atoms with Crippen molar-refractivity contribution >= 4 is 17.7 Å². The molecule has 2 aliphatic rings. The van der Waals surface area contributed by atoms with E-state index in [4.69, 9.17) is 11.3 Å². The highest BCUT2D eigenvalue weighted by atomic mass is 16.5. The summed E-state index contributed by atoms with van der Waals surface area (Å²) in [4.78, 5) is 20.0. The van der Waals surface area contributed by atoms with E-state index in [-0.39, 0.29) is 5.91 Å². The summed E-state index contributed by atoms with van der Waals surface area (Å²) in [6.07, 6.45) is 6.41. The second kappa shape index (κ2) is 8.80. The Morgan fingerprint density at radius 2 is 1.84 bits per heavy atom. The third-order valence-electron chi connectivity index (χ3n) is 4.94. The van der Waals surface area contributed by atoms with Gasteiger partial charge >= 0.3 is 0 Å². The first kappa shape index (κ1) is 17.7. The Hall–Kier alpha value is -2.16. The third kappa shape index (κ3) is 5.15. The van der Waals surface area contributed by atoms with E-state index in [1.165, 1.54) is 0 Å². The van der Waals surface area contributed by atoms with Crippen molar-refractivity contribution in [2.45, 2.75) is 12.8 Å². The highest BCUT2D eigenvalue weighted by Gasteiger charge is 2.23. The Bertz CT molecular complexity index is 634. The summed E-state index contributed by atoms with van der Waals surface area (Å²) in [5.41, 5.74) is 1.79. The number of allylic oxidation sites excluding steroid dienone is 1. The Kier molecular flexibility index (Phi) is 6.21. The predicted octanol–water partition coefficient (Wildman–Crippen LogP) is 2.82. The Balaban J connectivity index is 1.43. The lowest BCUT2D eigenvalue weighted by atomic mass is 9.95. The second-order valence-corrected chi connectivity index (χ2v) is 6.67. The van der Waals surface area contributed by atoms with Crippen LogP contribution in [-0.4, -0.2) is 61.6 Å². The van der Waals surface area contributed by atoms with Crippen molar-refractivity contribution < 1.29 is 9.53 Å². The number of benzene rings is 1. The molecule has 5 heteroatoms. The monoisotopic (exact) mass is 339 g/mol. The number of likely N-dealkylation sites (tertiary alicyclic amines) is 1. The van der Waals surface area contributed by atoms with Gasteiger partial charge in [-0.1, -0.05) is 36.4 Å². The van der Waals surface area contributed by atoms with E-state index in [9.17, 15) is 4.79 Å². The third-order valence-corrected chi connectivity index (χ3v) is 4.94. The Labute approximate surface area is 149 Å². The summed E-state index contributed by atoms with van der Waals surface area (Å²) in [7, 11) is 0. The van der Waals surface area contributed by atoms with Gasteiger partial charge in [0.1, 0.15) is 0 Å². The quantitative estimate of drug-likeness (QED) is 0.792. The number of morpholine rings is 1. The molecule has 0 bridgehead atoms. The molecule has 25 heavy (non-hydrogen) atoms. The number of amides is 1. The van der Waals surface area contributed by atoms with E-state index in [0.29, 0.717) is 18.2 Å². The van der Waals surface area contributed by atoms with Crippen molar-refractivity contribution in [2.75, 3.05) is 45.9 Å². The summed E-state index contributed by atoms with van der Waals surface area (Å²) in [6.45, 7) is 12.4. The average Bonchev–Trinajstić information content (AvgIpc) is 2.68. The summed E-state index contributed by atoms with van der Waals surface area (Å²) >= 11 is 0. The van der Waals surface area contributed by atoms with Crippen LogP contribution in [0.25, 0.3) is 10.9 Å². The van der Waals surface area contributed by atoms with E-state index in [2.05, 4.69) is 21.9 Å². The number of nitrogens with zero attached hydrogens (tertiary/aromatic N) is 3. The maximum Gasteiger partial charge on any atom is 0.236 e. The number of carbonyl (C=O) groups is 1. The van der Waals surface area contributed by atoms with Crippen LogP contribution in [0.5, 0.6) is 0 Å². The van der Waals surface area contributed by atoms with Gasteiger partial charge in [0.2, 0.25) is 5.91 Å². The molecule has 2 saturated heterocycles. The van der Waals surface area contributed by atoms with Gasteiger partial charge in [-0.2, -0.15) is 0 Å². The van der Waals surface area contributed by atoms with Crippen LogP contribution < -0.4 is 0 Å². The van der Waals surface area contributed by atoms with E-state index >= 15 is 0 Å². The Morgan fingerprint density at radius 3 is 2.48 bits per heavy atom. The maximum absolute atomic E-state index is 12.4. The zero-order chi connectivity index (χ0) is 17.5. The molecule has 5 nitrogen and oxygen atoms in total. The SMILES string of the molecule is [C-]#[N+]c1ccc(/C=C/C2CCN(C(=O)CN3CCOCC3)CC2)cc1. The van der Waals surface area contributed by atoms with Gasteiger partial charge in [0.25, 0.3) is 0 Å². The molecular formula is C20H25N3O2. The van der Waals surface area contributed by atoms with Crippen molar-refractivity contribution in [3.05, 3.63) is 47.3 Å². The van der Waals surface area contributed by atoms with Crippen LogP contribution in [0.1, 0.15) is 18.4 Å². The molecule has 0 atom stereocenters. The lowest BCUT2D eigenvalue weighted by Gasteiger charge is -2.33. The highest BCUT2D eigenvalue weighted by Crippen LogP contribution is 2.21. The molecule has 0 unspecified atom stereocenters. The van der Waals surface area contributed by atoms with Crippen molar-refractivity contribution in [1.82, 2.24) is 9.80 Å². The second-order valence-electron chi connectivity index (χ2n) is 6.67. The van der Waals surface area contributed by atoms with Gasteiger partial charge in [0.15, 0.2) is 5.69 Å². The topological polar surface area (TPSA) is 37.1 Å². The van der Waals surface area contributed by atoms with Crippen LogP contribution in [-0.2, 0) is 9.53 Å². The first-order valence-electron chi connectivity index (χ1n) is 8.98. The van der Waals surface area contributed by atoms with E-state index in [0.717, 1.165) is 57.8 Å². The van der Waals surface area contributed by atoms with Gasteiger partial charge in [0.05, 0.1) is 26.3 Å². The molecule has 2 fully saturated rings. The van der Waals surface area contributed by atoms with Crippen LogP contribution in [0.2, 0.25) is 0 Å². The molecule has 2 heterocycles. The van der Waals surface area contributed by atoms with Crippen molar-refractivity contribution in [3.63, 3.8) is 0 Å². The van der Waals surface area contributed by atoms with E-state index in [1.54, 1.807) is 0 Å². The molecule has 0 aromatic heterocycles. The fourth-order valence-corrected chi connectivity index (χ4v) is 3.30. The molecule has 0 saturated carbocycles. The van der Waals surface area contributed by atoms with Gasteiger partial charge in [0, 0.05) is 26.2 Å². The zero-order valence-electron chi connectivity index (χ0n) is 14.6.